The average Bonchev–Trinajstić information content (AvgIpc) is 4.08. The lowest BCUT2D eigenvalue weighted by atomic mass is 9.79. The molecule has 2 saturated carbocycles. The Hall–Kier alpha value is -6.99. The summed E-state index contributed by atoms with van der Waals surface area (Å²) in [5.74, 6) is 0.942. The minimum Gasteiger partial charge on any atom is -0.375 e. The number of aromatic nitrogens is 7. The van der Waals surface area contributed by atoms with Gasteiger partial charge in [0.15, 0.2) is 5.82 Å². The van der Waals surface area contributed by atoms with Crippen LogP contribution in [0.3, 0.4) is 0 Å². The second-order valence-electron chi connectivity index (χ2n) is 20.6. The van der Waals surface area contributed by atoms with Crippen LogP contribution in [0.5, 0.6) is 0 Å². The van der Waals surface area contributed by atoms with Gasteiger partial charge in [-0.15, -0.1) is 0 Å². The van der Waals surface area contributed by atoms with Crippen LogP contribution in [0, 0.1) is 19.8 Å². The largest absolute Gasteiger partial charge is 0.438 e. The number of ether oxygens (including phenoxy) is 1. The SMILES string of the molecule is C=Cc1c(C)cc(-n2nc3c(c2-n2ccn(-c4ccc5c(c4)cc(C=C)n5C)c2=O)CN(C(=O)C2=Cc4cc(C5CCOC6(CCCC6)C5)ccc4C2C[C@@]2(c4noc(=O)[nH]4)C[C@@H]2C)CC3)cc1C. The number of hydrogen-bond acceptors (Lipinski definition) is 7. The van der Waals surface area contributed by atoms with E-state index in [-0.39, 0.29) is 35.6 Å². The van der Waals surface area contributed by atoms with Gasteiger partial charge < -0.3 is 14.2 Å². The van der Waals surface area contributed by atoms with E-state index in [0.717, 1.165) is 111 Å². The molecule has 2 aliphatic heterocycles. The second kappa shape index (κ2) is 16.0. The maximum Gasteiger partial charge on any atom is 0.438 e. The van der Waals surface area contributed by atoms with Gasteiger partial charge in [0.1, 0.15) is 5.82 Å². The molecule has 1 spiro atoms. The van der Waals surface area contributed by atoms with Crippen molar-refractivity contribution in [1.29, 1.82) is 0 Å². The molecule has 5 aliphatic rings. The summed E-state index contributed by atoms with van der Waals surface area (Å²) in [5.41, 5.74) is 12.0. The van der Waals surface area contributed by atoms with Crippen LogP contribution >= 0.6 is 0 Å². The fourth-order valence-electron chi connectivity index (χ4n) is 12.8. The summed E-state index contributed by atoms with van der Waals surface area (Å²) in [6, 6.07) is 19.1. The van der Waals surface area contributed by atoms with Crippen LogP contribution in [0.15, 0.2) is 99.8 Å². The number of H-pyrrole nitrogens is 1. The van der Waals surface area contributed by atoms with Crippen molar-refractivity contribution in [2.45, 2.75) is 108 Å². The van der Waals surface area contributed by atoms with E-state index in [1.165, 1.54) is 18.4 Å². The normalized spacial score (nSPS) is 22.5. The molecule has 3 fully saturated rings. The van der Waals surface area contributed by atoms with Crippen LogP contribution < -0.4 is 11.4 Å². The van der Waals surface area contributed by atoms with Crippen molar-refractivity contribution < 1.29 is 14.1 Å². The number of nitrogens with zero attached hydrogens (tertiary/aromatic N) is 7. The number of imidazole rings is 1. The van der Waals surface area contributed by atoms with Crippen LogP contribution in [0.25, 0.3) is 46.3 Å². The first-order valence-corrected chi connectivity index (χ1v) is 24.6. The fourth-order valence-corrected chi connectivity index (χ4v) is 12.8. The molecule has 69 heavy (non-hydrogen) atoms. The number of amides is 1. The lowest BCUT2D eigenvalue weighted by Crippen LogP contribution is -2.38. The van der Waals surface area contributed by atoms with Crippen molar-refractivity contribution in [3.63, 3.8) is 0 Å². The van der Waals surface area contributed by atoms with E-state index in [1.807, 2.05) is 47.0 Å². The quantitative estimate of drug-likeness (QED) is 0.144. The Morgan fingerprint density at radius 1 is 0.957 bits per heavy atom. The lowest BCUT2D eigenvalue weighted by molar-refractivity contribution is -0.128. The zero-order valence-electron chi connectivity index (χ0n) is 39.9. The van der Waals surface area contributed by atoms with Crippen molar-refractivity contribution in [2.24, 2.45) is 13.0 Å². The molecule has 1 saturated heterocycles. The molecular formula is C56H58N8O5. The van der Waals surface area contributed by atoms with Crippen molar-refractivity contribution >= 4 is 35.0 Å². The van der Waals surface area contributed by atoms with Gasteiger partial charge in [0.2, 0.25) is 0 Å². The van der Waals surface area contributed by atoms with Crippen LogP contribution in [0.4, 0.5) is 0 Å². The third kappa shape index (κ3) is 6.94. The van der Waals surface area contributed by atoms with Gasteiger partial charge in [-0.2, -0.15) is 5.10 Å². The monoisotopic (exact) mass is 922 g/mol. The molecule has 3 aliphatic carbocycles. The van der Waals surface area contributed by atoms with E-state index >= 15 is 4.79 Å². The molecule has 13 heteroatoms. The number of rotatable bonds is 10. The molecule has 0 bridgehead atoms. The first-order chi connectivity index (χ1) is 33.4. The van der Waals surface area contributed by atoms with Gasteiger partial charge in [0.05, 0.1) is 29.2 Å². The number of nitrogens with one attached hydrogen (secondary N) is 1. The fraction of sp³-hybridized carbons (Fsp3) is 0.375. The number of aromatic amines is 1. The van der Waals surface area contributed by atoms with Gasteiger partial charge in [0, 0.05) is 78.1 Å². The van der Waals surface area contributed by atoms with Gasteiger partial charge in [-0.05, 0) is 146 Å². The number of carbonyl (C=O) groups is 1. The van der Waals surface area contributed by atoms with Crippen molar-refractivity contribution in [1.82, 2.24) is 38.5 Å². The molecule has 6 heterocycles. The Bertz CT molecular complexity index is 3410. The van der Waals surface area contributed by atoms with E-state index in [0.29, 0.717) is 36.9 Å². The minimum absolute atomic E-state index is 0.0169. The highest BCUT2D eigenvalue weighted by Crippen LogP contribution is 2.60. The van der Waals surface area contributed by atoms with Gasteiger partial charge >= 0.3 is 11.4 Å². The summed E-state index contributed by atoms with van der Waals surface area (Å²) < 4.78 is 18.8. The zero-order valence-corrected chi connectivity index (χ0v) is 39.9. The molecule has 12 rings (SSSR count). The molecule has 0 radical (unpaired) electrons. The smallest absolute Gasteiger partial charge is 0.375 e. The maximum atomic E-state index is 15.5. The number of fused-ring (bicyclic) bond motifs is 3. The molecule has 1 amide bonds. The highest BCUT2D eigenvalue weighted by Gasteiger charge is 2.57. The molecule has 3 aromatic carbocycles. The van der Waals surface area contributed by atoms with E-state index in [4.69, 9.17) is 14.4 Å². The van der Waals surface area contributed by atoms with Gasteiger partial charge in [-0.25, -0.2) is 14.3 Å². The molecule has 2 unspecified atom stereocenters. The Balaban J connectivity index is 0.934. The van der Waals surface area contributed by atoms with Gasteiger partial charge in [-0.1, -0.05) is 62.4 Å². The van der Waals surface area contributed by atoms with Crippen LogP contribution in [-0.4, -0.2) is 63.2 Å². The average molecular weight is 923 g/mol. The first-order valence-electron chi connectivity index (χ1n) is 24.6. The van der Waals surface area contributed by atoms with E-state index in [1.54, 1.807) is 21.5 Å². The van der Waals surface area contributed by atoms with Crippen molar-refractivity contribution in [2.75, 3.05) is 13.2 Å². The topological polar surface area (TPSA) is 138 Å². The predicted molar refractivity (Wildman–Crippen MR) is 267 cm³/mol. The Morgan fingerprint density at radius 2 is 1.74 bits per heavy atom. The van der Waals surface area contributed by atoms with Crippen molar-refractivity contribution in [3.05, 3.63) is 163 Å². The number of benzene rings is 3. The summed E-state index contributed by atoms with van der Waals surface area (Å²) in [6.45, 7) is 15.8. The molecule has 13 nitrogen and oxygen atoms in total. The highest BCUT2D eigenvalue weighted by molar-refractivity contribution is 6.02. The van der Waals surface area contributed by atoms with Gasteiger partial charge in [0.25, 0.3) is 5.91 Å². The second-order valence-corrected chi connectivity index (χ2v) is 20.6. The van der Waals surface area contributed by atoms with E-state index in [2.05, 4.69) is 91.1 Å². The van der Waals surface area contributed by atoms with Crippen LogP contribution in [-0.2, 0) is 35.0 Å². The molecule has 4 atom stereocenters. The predicted octanol–water partition coefficient (Wildman–Crippen LogP) is 9.52. The van der Waals surface area contributed by atoms with E-state index < -0.39 is 11.2 Å². The van der Waals surface area contributed by atoms with Gasteiger partial charge in [-0.3, -0.25) is 23.4 Å². The Labute approximate surface area is 400 Å². The highest BCUT2D eigenvalue weighted by atomic mass is 16.5. The first kappa shape index (κ1) is 43.3. The third-order valence-electron chi connectivity index (χ3n) is 16.7. The maximum absolute atomic E-state index is 15.5. The molecule has 1 N–H and O–H groups in total. The van der Waals surface area contributed by atoms with Crippen molar-refractivity contribution in [3.8, 4) is 17.2 Å². The summed E-state index contributed by atoms with van der Waals surface area (Å²) >= 11 is 0. The molecule has 4 aromatic heterocycles. The molecule has 352 valence electrons. The summed E-state index contributed by atoms with van der Waals surface area (Å²) in [6.07, 6.45) is 18.1. The standard InChI is InChI=1S/C56H58N8O5/c1-7-40-26-39-27-41(12-14-49(39)60(40)6)62-20-21-63(54(62)67)50-47-32-61(19-15-48(47)58-64(50)42-23-33(3)43(8-2)34(4)24-42)51(65)45-28-38-25-36(37-16-22-68-55(30-37)17-9-10-18-55)11-13-44(38)46(45)31-56(29-35(56)5)52-57-53(66)69-59-52/h7-8,11-14,20-21,23-28,35,37,46H,1-2,9-10,15-19,22,29-32H2,3-6H3,(H,57,59,66)/t35-,37?,46?,56-/m0/s1. The number of aryl methyl sites for hydroxylation is 3. The summed E-state index contributed by atoms with van der Waals surface area (Å²) in [4.78, 5) is 47.5. The van der Waals surface area contributed by atoms with Crippen LogP contribution in [0.2, 0.25) is 0 Å². The zero-order chi connectivity index (χ0) is 47.5. The Morgan fingerprint density at radius 3 is 2.46 bits per heavy atom. The van der Waals surface area contributed by atoms with Crippen LogP contribution in [0.1, 0.15) is 126 Å². The molecular weight excluding hydrogens is 865 g/mol. The molecule has 7 aromatic rings. The number of carbonyl (C=O) groups excluding carboxylic acids is 1. The third-order valence-corrected chi connectivity index (χ3v) is 16.7. The Kier molecular flexibility index (Phi) is 10.1. The minimum atomic E-state index is -0.570. The summed E-state index contributed by atoms with van der Waals surface area (Å²) in [5, 5.41) is 10.5. The summed E-state index contributed by atoms with van der Waals surface area (Å²) in [7, 11) is 2.01. The number of hydrogen-bond donors (Lipinski definition) is 1. The van der Waals surface area contributed by atoms with E-state index in [9.17, 15) is 9.59 Å². The lowest BCUT2D eigenvalue weighted by Gasteiger charge is -2.38.